The number of hydrogen-bond donors (Lipinski definition) is 0. The number of hydrogen-bond acceptors (Lipinski definition) is 11. The number of benzene rings is 1. The fourth-order valence-electron chi connectivity index (χ4n) is 2.94. The van der Waals surface area contributed by atoms with E-state index < -0.39 is 37.0 Å². The maximum atomic E-state index is 11.2. The lowest BCUT2D eigenvalue weighted by Crippen LogP contribution is -2.39. The molecular weight excluding hydrogens is 378 g/mol. The van der Waals surface area contributed by atoms with Crippen LogP contribution in [0.5, 0.6) is 5.75 Å². The Morgan fingerprint density at radius 1 is 0.786 bits per heavy atom. The van der Waals surface area contributed by atoms with Crippen LogP contribution >= 0.6 is 0 Å². The van der Waals surface area contributed by atoms with Gasteiger partial charge in [-0.1, -0.05) is 0 Å². The summed E-state index contributed by atoms with van der Waals surface area (Å²) in [6.45, 7) is 0.990. The number of nitrogens with zero attached hydrogens (tertiary/aromatic N) is 1. The van der Waals surface area contributed by atoms with Crippen LogP contribution in [0.25, 0.3) is 0 Å². The zero-order valence-electron chi connectivity index (χ0n) is 14.6. The van der Waals surface area contributed by atoms with Gasteiger partial charge in [0.2, 0.25) is 0 Å². The number of rotatable bonds is 7. The molecule has 3 aliphatic rings. The summed E-state index contributed by atoms with van der Waals surface area (Å²) in [6, 6.07) is 6.95. The molecule has 4 rings (SSSR count). The Kier molecular flexibility index (Phi) is 4.96. The SMILES string of the molecule is O=C1OCC(CN(CC2COC(=O)O2)c2ccc(OC3COC(=O)O3)cc2)O1. The van der Waals surface area contributed by atoms with Crippen LogP contribution in [0.3, 0.4) is 0 Å². The van der Waals surface area contributed by atoms with Gasteiger partial charge >= 0.3 is 18.5 Å². The van der Waals surface area contributed by atoms with E-state index in [0.29, 0.717) is 18.8 Å². The van der Waals surface area contributed by atoms with Gasteiger partial charge in [0.1, 0.15) is 19.0 Å². The fraction of sp³-hybridized carbons (Fsp3) is 0.471. The standard InChI is InChI=1S/C17H17NO10/c19-15-22-7-12(26-15)5-18(6-13-8-23-16(20)27-13)10-1-3-11(4-2-10)25-14-9-24-17(21)28-14/h1-4,12-14H,5-9H2. The molecule has 0 N–H and O–H groups in total. The molecule has 28 heavy (non-hydrogen) atoms. The summed E-state index contributed by atoms with van der Waals surface area (Å²) in [5.74, 6) is 0.484. The number of cyclic esters (lactones) is 6. The number of carbonyl (C=O) groups excluding carboxylic acids is 3. The smallest absolute Gasteiger partial charge is 0.451 e. The highest BCUT2D eigenvalue weighted by Gasteiger charge is 2.32. The minimum atomic E-state index is -0.792. The quantitative estimate of drug-likeness (QED) is 0.493. The maximum absolute atomic E-state index is 11.2. The van der Waals surface area contributed by atoms with Gasteiger partial charge in [-0.15, -0.1) is 0 Å². The van der Waals surface area contributed by atoms with Crippen LogP contribution in [0, 0.1) is 0 Å². The zero-order valence-corrected chi connectivity index (χ0v) is 14.6. The predicted molar refractivity (Wildman–Crippen MR) is 87.9 cm³/mol. The van der Waals surface area contributed by atoms with Gasteiger partial charge in [0.25, 0.3) is 6.29 Å². The van der Waals surface area contributed by atoms with Crippen LogP contribution in [0.15, 0.2) is 24.3 Å². The Balaban J connectivity index is 1.42. The van der Waals surface area contributed by atoms with Gasteiger partial charge in [-0.2, -0.15) is 0 Å². The minimum absolute atomic E-state index is 0.0206. The van der Waals surface area contributed by atoms with E-state index in [1.165, 1.54) is 0 Å². The first-order valence-electron chi connectivity index (χ1n) is 8.57. The third-order valence-electron chi connectivity index (χ3n) is 4.18. The summed E-state index contributed by atoms with van der Waals surface area (Å²) in [4.78, 5) is 35.2. The van der Waals surface area contributed by atoms with Crippen LogP contribution in [0.4, 0.5) is 20.1 Å². The van der Waals surface area contributed by atoms with Crippen LogP contribution in [-0.2, 0) is 28.4 Å². The maximum Gasteiger partial charge on any atom is 0.511 e. The molecule has 3 aliphatic heterocycles. The molecule has 150 valence electrons. The average Bonchev–Trinajstić information content (AvgIpc) is 3.38. The van der Waals surface area contributed by atoms with Gasteiger partial charge in [0.05, 0.1) is 13.1 Å². The van der Waals surface area contributed by atoms with Crippen molar-refractivity contribution in [2.24, 2.45) is 0 Å². The lowest BCUT2D eigenvalue weighted by molar-refractivity contribution is 0.00500. The molecule has 0 radical (unpaired) electrons. The molecule has 0 aliphatic carbocycles. The van der Waals surface area contributed by atoms with Gasteiger partial charge in [-0.05, 0) is 24.3 Å². The van der Waals surface area contributed by atoms with E-state index in [0.717, 1.165) is 5.69 Å². The molecule has 11 nitrogen and oxygen atoms in total. The molecular formula is C17H17NO10. The first-order chi connectivity index (χ1) is 13.5. The lowest BCUT2D eigenvalue weighted by Gasteiger charge is -2.28. The molecule has 3 atom stereocenters. The molecule has 0 spiro atoms. The van der Waals surface area contributed by atoms with E-state index in [4.69, 9.17) is 28.4 Å². The summed E-state index contributed by atoms with van der Waals surface area (Å²) < 4.78 is 34.8. The van der Waals surface area contributed by atoms with Crippen LogP contribution in [0.2, 0.25) is 0 Å². The second-order valence-electron chi connectivity index (χ2n) is 6.23. The summed E-state index contributed by atoms with van der Waals surface area (Å²) in [7, 11) is 0. The van der Waals surface area contributed by atoms with Crippen molar-refractivity contribution in [2.45, 2.75) is 18.5 Å². The number of ether oxygens (including phenoxy) is 7. The second-order valence-corrected chi connectivity index (χ2v) is 6.23. The minimum Gasteiger partial charge on any atom is -0.451 e. The largest absolute Gasteiger partial charge is 0.511 e. The molecule has 3 saturated heterocycles. The third kappa shape index (κ3) is 4.30. The van der Waals surface area contributed by atoms with Crippen molar-refractivity contribution >= 4 is 24.2 Å². The molecule has 3 heterocycles. The van der Waals surface area contributed by atoms with Crippen LogP contribution in [0.1, 0.15) is 0 Å². The van der Waals surface area contributed by atoms with Crippen LogP contribution < -0.4 is 9.64 Å². The Morgan fingerprint density at radius 3 is 1.79 bits per heavy atom. The van der Waals surface area contributed by atoms with Crippen molar-refractivity contribution in [3.05, 3.63) is 24.3 Å². The molecule has 1 aromatic rings. The first-order valence-corrected chi connectivity index (χ1v) is 8.57. The molecule has 0 aromatic heterocycles. The van der Waals surface area contributed by atoms with E-state index in [9.17, 15) is 14.4 Å². The highest BCUT2D eigenvalue weighted by molar-refractivity contribution is 5.63. The number of carbonyl (C=O) groups is 3. The van der Waals surface area contributed by atoms with E-state index in [1.807, 2.05) is 4.90 Å². The average molecular weight is 395 g/mol. The van der Waals surface area contributed by atoms with E-state index in [-0.39, 0.29) is 19.8 Å². The predicted octanol–water partition coefficient (Wildman–Crippen LogP) is 1.44. The van der Waals surface area contributed by atoms with Crippen molar-refractivity contribution in [2.75, 3.05) is 37.8 Å². The molecule has 1 aromatic carbocycles. The Bertz CT molecular complexity index is 723. The molecule has 0 bridgehead atoms. The summed E-state index contributed by atoms with van der Waals surface area (Å²) in [6.07, 6.45) is -3.88. The van der Waals surface area contributed by atoms with Gasteiger partial charge < -0.3 is 38.1 Å². The van der Waals surface area contributed by atoms with Crippen molar-refractivity contribution in [3.8, 4) is 5.75 Å². The van der Waals surface area contributed by atoms with Gasteiger partial charge in [-0.25, -0.2) is 14.4 Å². The molecule has 3 fully saturated rings. The highest BCUT2D eigenvalue weighted by atomic mass is 16.8. The topological polar surface area (TPSA) is 119 Å². The Hall–Kier alpha value is -3.37. The van der Waals surface area contributed by atoms with Gasteiger partial charge in [0, 0.05) is 5.69 Å². The number of anilines is 1. The van der Waals surface area contributed by atoms with E-state index >= 15 is 0 Å². The summed E-state index contributed by atoms with van der Waals surface area (Å²) >= 11 is 0. The molecule has 3 unspecified atom stereocenters. The van der Waals surface area contributed by atoms with Gasteiger partial charge in [0.15, 0.2) is 18.8 Å². The normalized spacial score (nSPS) is 25.9. The molecule has 0 amide bonds. The van der Waals surface area contributed by atoms with E-state index in [2.05, 4.69) is 4.74 Å². The summed E-state index contributed by atoms with van der Waals surface area (Å²) in [5.41, 5.74) is 0.776. The van der Waals surface area contributed by atoms with Crippen molar-refractivity contribution in [3.63, 3.8) is 0 Å². The van der Waals surface area contributed by atoms with Gasteiger partial charge in [-0.3, -0.25) is 0 Å². The Morgan fingerprint density at radius 2 is 1.32 bits per heavy atom. The fourth-order valence-corrected chi connectivity index (χ4v) is 2.94. The lowest BCUT2D eigenvalue weighted by atomic mass is 10.2. The highest BCUT2D eigenvalue weighted by Crippen LogP contribution is 2.24. The Labute approximate surface area is 158 Å². The third-order valence-corrected chi connectivity index (χ3v) is 4.18. The molecule has 11 heteroatoms. The first kappa shape index (κ1) is 18.0. The summed E-state index contributed by atoms with van der Waals surface area (Å²) in [5, 5.41) is 0. The zero-order chi connectivity index (χ0) is 19.5. The monoisotopic (exact) mass is 395 g/mol. The van der Waals surface area contributed by atoms with E-state index in [1.54, 1.807) is 24.3 Å². The van der Waals surface area contributed by atoms with Crippen LogP contribution in [-0.4, -0.2) is 69.9 Å². The van der Waals surface area contributed by atoms with Crippen molar-refractivity contribution in [1.29, 1.82) is 0 Å². The van der Waals surface area contributed by atoms with Crippen molar-refractivity contribution < 1.29 is 47.5 Å². The molecule has 0 saturated carbocycles. The van der Waals surface area contributed by atoms with Crippen molar-refractivity contribution in [1.82, 2.24) is 0 Å². The second kappa shape index (κ2) is 7.71.